The average molecular weight is 600 g/mol. The van der Waals surface area contributed by atoms with Gasteiger partial charge in [-0.3, -0.25) is 14.5 Å². The molecule has 2 N–H and O–H groups in total. The van der Waals surface area contributed by atoms with E-state index in [1.165, 1.54) is 49.8 Å². The van der Waals surface area contributed by atoms with Crippen molar-refractivity contribution in [1.82, 2.24) is 4.90 Å². The largest absolute Gasteiger partial charge is 0.495 e. The number of hydrazine groups is 1. The fraction of sp³-hybridized carbons (Fsp3) is 0.143. The molecule has 1 amide bonds. The molecule has 0 radical (unpaired) electrons. The van der Waals surface area contributed by atoms with E-state index in [0.29, 0.717) is 5.56 Å². The van der Waals surface area contributed by atoms with Crippen LogP contribution >= 0.6 is 23.2 Å². The van der Waals surface area contributed by atoms with Crippen molar-refractivity contribution in [3.8, 4) is 5.75 Å². The van der Waals surface area contributed by atoms with Crippen molar-refractivity contribution in [3.63, 3.8) is 0 Å². The number of nitrogens with two attached hydrogens (primary N) is 1. The number of likely N-dealkylation sites (N-methyl/N-ethyl adjacent to an activating group) is 1. The molecule has 0 fully saturated rings. The van der Waals surface area contributed by atoms with Crippen LogP contribution in [0.4, 0.5) is 5.69 Å². The number of nitrogens with zero attached hydrogens (tertiary/aromatic N) is 2. The lowest BCUT2D eigenvalue weighted by molar-refractivity contribution is -0.126. The Morgan fingerprint density at radius 1 is 1.02 bits per heavy atom. The lowest BCUT2D eigenvalue weighted by Gasteiger charge is -2.37. The van der Waals surface area contributed by atoms with E-state index in [9.17, 15) is 18.0 Å². The van der Waals surface area contributed by atoms with E-state index in [2.05, 4.69) is 0 Å². The van der Waals surface area contributed by atoms with E-state index in [-0.39, 0.29) is 38.2 Å². The first kappa shape index (κ1) is 27.9. The van der Waals surface area contributed by atoms with Crippen molar-refractivity contribution in [1.29, 1.82) is 0 Å². The van der Waals surface area contributed by atoms with Gasteiger partial charge in [-0.15, -0.1) is 0 Å². The maximum absolute atomic E-state index is 14.1. The van der Waals surface area contributed by atoms with E-state index < -0.39 is 37.0 Å². The maximum atomic E-state index is 14.1. The zero-order valence-electron chi connectivity index (χ0n) is 21.5. The molecule has 0 aliphatic carbocycles. The number of carbonyl (C=O) groups is 2. The minimum Gasteiger partial charge on any atom is -0.495 e. The highest BCUT2D eigenvalue weighted by Crippen LogP contribution is 2.53. The molecule has 0 spiro atoms. The maximum Gasteiger partial charge on any atom is 0.271 e. The highest BCUT2D eigenvalue weighted by Gasteiger charge is 2.57. The van der Waals surface area contributed by atoms with Gasteiger partial charge in [0.2, 0.25) is 15.6 Å². The summed E-state index contributed by atoms with van der Waals surface area (Å²) in [6, 6.07) is 16.7. The Bertz CT molecular complexity index is 1770. The standard InChI is InChI=1S/C28H23Cl2N3O6S/c1-32(2)28(16-9-4-5-10-17(16)29)24-18(33(31)27(28)35)15-22(25(30)23(24)26(34)20-12-8-14-39-20)40(36,37)21-13-7-6-11-19(21)38-3/h4-15H,31H2,1-3H3. The van der Waals surface area contributed by atoms with Crippen LogP contribution in [0.1, 0.15) is 27.2 Å². The zero-order valence-corrected chi connectivity index (χ0v) is 23.8. The topological polar surface area (TPSA) is 123 Å². The van der Waals surface area contributed by atoms with Crippen LogP contribution in [0.5, 0.6) is 5.75 Å². The van der Waals surface area contributed by atoms with Gasteiger partial charge >= 0.3 is 0 Å². The molecular formula is C28H23Cl2N3O6S. The van der Waals surface area contributed by atoms with Gasteiger partial charge in [0.25, 0.3) is 5.91 Å². The molecule has 1 aliphatic rings. The van der Waals surface area contributed by atoms with E-state index in [0.717, 1.165) is 5.01 Å². The molecule has 40 heavy (non-hydrogen) atoms. The van der Waals surface area contributed by atoms with Crippen molar-refractivity contribution < 1.29 is 27.2 Å². The smallest absolute Gasteiger partial charge is 0.271 e. The number of fused-ring (bicyclic) bond motifs is 1. The molecule has 1 aromatic heterocycles. The van der Waals surface area contributed by atoms with Gasteiger partial charge in [-0.2, -0.15) is 0 Å². The number of furan rings is 1. The Morgan fingerprint density at radius 3 is 2.33 bits per heavy atom. The third-order valence-corrected chi connectivity index (χ3v) is 9.57. The summed E-state index contributed by atoms with van der Waals surface area (Å²) < 4.78 is 38.7. The first-order chi connectivity index (χ1) is 19.0. The number of ketones is 1. The summed E-state index contributed by atoms with van der Waals surface area (Å²) in [5, 5.41) is 0.631. The molecule has 5 rings (SSSR count). The molecule has 1 atom stereocenters. The quantitative estimate of drug-likeness (QED) is 0.184. The van der Waals surface area contributed by atoms with Crippen molar-refractivity contribution >= 4 is 50.4 Å². The van der Waals surface area contributed by atoms with Crippen molar-refractivity contribution in [2.75, 3.05) is 26.2 Å². The van der Waals surface area contributed by atoms with Crippen molar-refractivity contribution in [2.45, 2.75) is 15.3 Å². The first-order valence-corrected chi connectivity index (χ1v) is 14.1. The second kappa shape index (κ2) is 10.1. The first-order valence-electron chi connectivity index (χ1n) is 11.8. The fourth-order valence-electron chi connectivity index (χ4n) is 5.13. The minimum absolute atomic E-state index is 0.0357. The minimum atomic E-state index is -4.40. The average Bonchev–Trinajstić information content (AvgIpc) is 3.55. The third kappa shape index (κ3) is 3.87. The normalized spacial score (nSPS) is 16.9. The molecule has 12 heteroatoms. The van der Waals surface area contributed by atoms with E-state index in [4.69, 9.17) is 38.2 Å². The van der Waals surface area contributed by atoms with Gasteiger partial charge in [0, 0.05) is 16.1 Å². The van der Waals surface area contributed by atoms with Crippen LogP contribution in [-0.2, 0) is 20.2 Å². The predicted molar refractivity (Wildman–Crippen MR) is 150 cm³/mol. The molecule has 206 valence electrons. The van der Waals surface area contributed by atoms with Crippen molar-refractivity contribution in [3.05, 3.63) is 105 Å². The van der Waals surface area contributed by atoms with E-state index >= 15 is 0 Å². The SMILES string of the molecule is COc1ccccc1S(=O)(=O)c1cc2c(c(C(=O)c3ccco3)c1Cl)C(c1ccccc1Cl)(N(C)C)C(=O)N2N. The summed E-state index contributed by atoms with van der Waals surface area (Å²) in [4.78, 5) is 29.1. The number of amides is 1. The summed E-state index contributed by atoms with van der Waals surface area (Å²) in [5.41, 5.74) is -1.64. The number of benzene rings is 3. The fourth-order valence-corrected chi connectivity index (χ4v) is 7.45. The summed E-state index contributed by atoms with van der Waals surface area (Å²) in [7, 11) is 0.178. The van der Waals surface area contributed by atoms with Crippen LogP contribution in [0, 0.1) is 0 Å². The lowest BCUT2D eigenvalue weighted by atomic mass is 9.79. The number of ether oxygens (including phenoxy) is 1. The number of carbonyl (C=O) groups excluding carboxylic acids is 2. The summed E-state index contributed by atoms with van der Waals surface area (Å²) in [5.74, 6) is 4.88. The third-order valence-electron chi connectivity index (χ3n) is 6.91. The molecule has 9 nitrogen and oxygen atoms in total. The monoisotopic (exact) mass is 599 g/mol. The second-order valence-corrected chi connectivity index (χ2v) is 11.9. The molecule has 3 aromatic carbocycles. The Labute approximate surface area is 240 Å². The van der Waals surface area contributed by atoms with Gasteiger partial charge in [0.05, 0.1) is 34.5 Å². The van der Waals surface area contributed by atoms with Crippen molar-refractivity contribution in [2.24, 2.45) is 5.84 Å². The number of hydrogen-bond donors (Lipinski definition) is 1. The molecule has 0 saturated heterocycles. The Hall–Kier alpha value is -3.67. The molecule has 0 saturated carbocycles. The predicted octanol–water partition coefficient (Wildman–Crippen LogP) is 4.68. The zero-order chi connectivity index (χ0) is 29.0. The molecule has 0 bridgehead atoms. The van der Waals surface area contributed by atoms with E-state index in [1.807, 2.05) is 0 Å². The highest BCUT2D eigenvalue weighted by atomic mass is 35.5. The van der Waals surface area contributed by atoms with Gasteiger partial charge in [-0.1, -0.05) is 53.5 Å². The van der Waals surface area contributed by atoms with Crippen LogP contribution < -0.4 is 15.6 Å². The molecule has 1 unspecified atom stereocenters. The summed E-state index contributed by atoms with van der Waals surface area (Å²) in [6.45, 7) is 0. The number of methoxy groups -OCH3 is 1. The molecular weight excluding hydrogens is 577 g/mol. The lowest BCUT2D eigenvalue weighted by Crippen LogP contribution is -2.53. The number of hydrogen-bond acceptors (Lipinski definition) is 8. The number of anilines is 1. The van der Waals surface area contributed by atoms with Crippen LogP contribution in [0.3, 0.4) is 0 Å². The number of rotatable bonds is 7. The van der Waals surface area contributed by atoms with Gasteiger partial charge in [0.15, 0.2) is 11.3 Å². The Balaban J connectivity index is 1.95. The number of sulfone groups is 1. The molecule has 1 aliphatic heterocycles. The summed E-state index contributed by atoms with van der Waals surface area (Å²) in [6.07, 6.45) is 1.30. The van der Waals surface area contributed by atoms with Crippen LogP contribution in [0.2, 0.25) is 10.0 Å². The second-order valence-electron chi connectivity index (χ2n) is 9.18. The van der Waals surface area contributed by atoms with Gasteiger partial charge < -0.3 is 9.15 Å². The summed E-state index contributed by atoms with van der Waals surface area (Å²) >= 11 is 13.5. The Kier molecular flexibility index (Phi) is 7.01. The van der Waals surface area contributed by atoms with Gasteiger partial charge in [-0.25, -0.2) is 19.3 Å². The van der Waals surface area contributed by atoms with Crippen LogP contribution in [0.15, 0.2) is 87.2 Å². The van der Waals surface area contributed by atoms with Gasteiger partial charge in [-0.05, 0) is 50.5 Å². The van der Waals surface area contributed by atoms with Gasteiger partial charge in [0.1, 0.15) is 10.6 Å². The van der Waals surface area contributed by atoms with Crippen LogP contribution in [0.25, 0.3) is 0 Å². The Morgan fingerprint density at radius 2 is 1.70 bits per heavy atom. The van der Waals surface area contributed by atoms with E-state index in [1.54, 1.807) is 49.3 Å². The molecule has 4 aromatic rings. The molecule has 2 heterocycles. The number of para-hydroxylation sites is 1. The van der Waals surface area contributed by atoms with Crippen LogP contribution in [-0.4, -0.2) is 46.2 Å². The number of halogens is 2. The highest BCUT2D eigenvalue weighted by molar-refractivity contribution is 7.91.